The molecule has 1 saturated carbocycles. The Hall–Kier alpha value is -1.06. The quantitative estimate of drug-likeness (QED) is 0.742. The van der Waals surface area contributed by atoms with Crippen molar-refractivity contribution >= 4 is 6.01 Å². The Bertz CT molecular complexity index is 255. The van der Waals surface area contributed by atoms with Gasteiger partial charge in [-0.3, -0.25) is 0 Å². The van der Waals surface area contributed by atoms with Gasteiger partial charge in [-0.25, -0.2) is 0 Å². The fourth-order valence-corrected chi connectivity index (χ4v) is 1.05. The number of nitrogens with one attached hydrogen (secondary N) is 1. The molecule has 0 aromatic carbocycles. The van der Waals surface area contributed by atoms with E-state index in [0.29, 0.717) is 11.9 Å². The Labute approximate surface area is 71.4 Å². The largest absolute Gasteiger partial charge is 0.338 e. The number of nitrogens with zero attached hydrogens (tertiary/aromatic N) is 2. The van der Waals surface area contributed by atoms with Gasteiger partial charge in [0.15, 0.2) is 5.82 Å². The Balaban J connectivity index is 1.93. The van der Waals surface area contributed by atoms with Gasteiger partial charge in [0.2, 0.25) is 0 Å². The summed E-state index contributed by atoms with van der Waals surface area (Å²) < 4.78 is 5.00. The van der Waals surface area contributed by atoms with Gasteiger partial charge in [0.05, 0.1) is 0 Å². The summed E-state index contributed by atoms with van der Waals surface area (Å²) in [4.78, 5) is 4.22. The SMILES string of the molecule is CCCNc1nc(C2CC2)no1. The van der Waals surface area contributed by atoms with E-state index >= 15 is 0 Å². The fraction of sp³-hybridized carbons (Fsp3) is 0.750. The van der Waals surface area contributed by atoms with Crippen LogP contribution in [0.25, 0.3) is 0 Å². The minimum absolute atomic E-state index is 0.568. The summed E-state index contributed by atoms with van der Waals surface area (Å²) in [5.41, 5.74) is 0. The van der Waals surface area contributed by atoms with Crippen LogP contribution in [0.5, 0.6) is 0 Å². The van der Waals surface area contributed by atoms with Crippen LogP contribution < -0.4 is 5.32 Å². The van der Waals surface area contributed by atoms with Gasteiger partial charge in [-0.2, -0.15) is 4.98 Å². The highest BCUT2D eigenvalue weighted by atomic mass is 16.5. The average molecular weight is 167 g/mol. The van der Waals surface area contributed by atoms with Crippen molar-refractivity contribution in [2.75, 3.05) is 11.9 Å². The number of anilines is 1. The molecular formula is C8H13N3O. The second kappa shape index (κ2) is 3.13. The van der Waals surface area contributed by atoms with E-state index in [9.17, 15) is 0 Å². The number of hydrogen-bond donors (Lipinski definition) is 1. The van der Waals surface area contributed by atoms with E-state index < -0.39 is 0 Å². The molecule has 0 unspecified atom stereocenters. The van der Waals surface area contributed by atoms with Gasteiger partial charge in [0.1, 0.15) is 0 Å². The average Bonchev–Trinajstić information content (AvgIpc) is 2.83. The lowest BCUT2D eigenvalue weighted by molar-refractivity contribution is 0.422. The molecule has 4 heteroatoms. The molecule has 0 aliphatic heterocycles. The van der Waals surface area contributed by atoms with Crippen LogP contribution in [0.3, 0.4) is 0 Å². The Kier molecular flexibility index (Phi) is 1.98. The summed E-state index contributed by atoms with van der Waals surface area (Å²) in [6.07, 6.45) is 3.50. The Morgan fingerprint density at radius 2 is 2.42 bits per heavy atom. The zero-order valence-electron chi connectivity index (χ0n) is 7.21. The maximum absolute atomic E-state index is 5.00. The molecular weight excluding hydrogens is 154 g/mol. The Morgan fingerprint density at radius 3 is 3.08 bits per heavy atom. The predicted octanol–water partition coefficient (Wildman–Crippen LogP) is 1.77. The lowest BCUT2D eigenvalue weighted by atomic mass is 10.4. The van der Waals surface area contributed by atoms with E-state index in [0.717, 1.165) is 18.8 Å². The number of rotatable bonds is 4. The molecule has 0 amide bonds. The molecule has 1 aliphatic carbocycles. The van der Waals surface area contributed by atoms with E-state index in [1.54, 1.807) is 0 Å². The second-order valence-corrected chi connectivity index (χ2v) is 3.16. The van der Waals surface area contributed by atoms with Gasteiger partial charge in [-0.15, -0.1) is 0 Å². The molecule has 0 atom stereocenters. The van der Waals surface area contributed by atoms with Crippen LogP contribution in [0.15, 0.2) is 4.52 Å². The van der Waals surface area contributed by atoms with Crippen LogP contribution in [0.4, 0.5) is 6.01 Å². The topological polar surface area (TPSA) is 51.0 Å². The molecule has 1 aromatic rings. The summed E-state index contributed by atoms with van der Waals surface area (Å²) >= 11 is 0. The first kappa shape index (κ1) is 7.58. The van der Waals surface area contributed by atoms with Crippen LogP contribution in [0.1, 0.15) is 37.9 Å². The van der Waals surface area contributed by atoms with E-state index in [4.69, 9.17) is 4.52 Å². The summed E-state index contributed by atoms with van der Waals surface area (Å²) in [6, 6.07) is 0.568. The summed E-state index contributed by atoms with van der Waals surface area (Å²) in [6.45, 7) is 3.00. The van der Waals surface area contributed by atoms with Crippen molar-refractivity contribution in [2.45, 2.75) is 32.1 Å². The Morgan fingerprint density at radius 1 is 1.58 bits per heavy atom. The number of hydrogen-bond acceptors (Lipinski definition) is 4. The van der Waals surface area contributed by atoms with Crippen molar-refractivity contribution in [3.05, 3.63) is 5.82 Å². The highest BCUT2D eigenvalue weighted by Gasteiger charge is 2.28. The van der Waals surface area contributed by atoms with Crippen molar-refractivity contribution in [2.24, 2.45) is 0 Å². The molecule has 4 nitrogen and oxygen atoms in total. The summed E-state index contributed by atoms with van der Waals surface area (Å²) in [7, 11) is 0. The molecule has 1 aromatic heterocycles. The molecule has 12 heavy (non-hydrogen) atoms. The maximum atomic E-state index is 5.00. The fourth-order valence-electron chi connectivity index (χ4n) is 1.05. The molecule has 0 spiro atoms. The minimum atomic E-state index is 0.568. The zero-order chi connectivity index (χ0) is 8.39. The van der Waals surface area contributed by atoms with Crippen LogP contribution in [0.2, 0.25) is 0 Å². The predicted molar refractivity (Wildman–Crippen MR) is 45.1 cm³/mol. The minimum Gasteiger partial charge on any atom is -0.338 e. The van der Waals surface area contributed by atoms with Crippen molar-refractivity contribution in [1.29, 1.82) is 0 Å². The molecule has 1 fully saturated rings. The molecule has 1 heterocycles. The van der Waals surface area contributed by atoms with Crippen molar-refractivity contribution in [1.82, 2.24) is 10.1 Å². The van der Waals surface area contributed by atoms with E-state index in [2.05, 4.69) is 22.4 Å². The first-order chi connectivity index (χ1) is 5.90. The van der Waals surface area contributed by atoms with Gasteiger partial charge in [-0.1, -0.05) is 12.1 Å². The van der Waals surface area contributed by atoms with Gasteiger partial charge < -0.3 is 9.84 Å². The zero-order valence-corrected chi connectivity index (χ0v) is 7.21. The third-order valence-electron chi connectivity index (χ3n) is 1.91. The van der Waals surface area contributed by atoms with Crippen LogP contribution in [0, 0.1) is 0 Å². The number of aromatic nitrogens is 2. The third kappa shape index (κ3) is 1.57. The standard InChI is InChI=1S/C8H13N3O/c1-2-5-9-8-10-7(11-12-8)6-3-4-6/h6H,2-5H2,1H3,(H,9,10,11). The summed E-state index contributed by atoms with van der Waals surface area (Å²) in [5.74, 6) is 1.44. The molecule has 1 N–H and O–H groups in total. The maximum Gasteiger partial charge on any atom is 0.321 e. The van der Waals surface area contributed by atoms with Crippen LogP contribution >= 0.6 is 0 Å². The normalized spacial score (nSPS) is 16.4. The molecule has 2 rings (SSSR count). The van der Waals surface area contributed by atoms with Gasteiger partial charge in [0.25, 0.3) is 0 Å². The van der Waals surface area contributed by atoms with Gasteiger partial charge in [-0.05, 0) is 19.3 Å². The lowest BCUT2D eigenvalue weighted by Crippen LogP contribution is -1.99. The van der Waals surface area contributed by atoms with Gasteiger partial charge in [0, 0.05) is 12.5 Å². The first-order valence-corrected chi connectivity index (χ1v) is 4.47. The van der Waals surface area contributed by atoms with Crippen LogP contribution in [-0.4, -0.2) is 16.7 Å². The van der Waals surface area contributed by atoms with E-state index in [-0.39, 0.29) is 0 Å². The highest BCUT2D eigenvalue weighted by molar-refractivity contribution is 5.20. The molecule has 0 saturated heterocycles. The molecule has 0 radical (unpaired) electrons. The molecule has 66 valence electrons. The smallest absolute Gasteiger partial charge is 0.321 e. The summed E-state index contributed by atoms with van der Waals surface area (Å²) in [5, 5.41) is 6.94. The van der Waals surface area contributed by atoms with Gasteiger partial charge >= 0.3 is 6.01 Å². The van der Waals surface area contributed by atoms with Crippen LogP contribution in [-0.2, 0) is 0 Å². The van der Waals surface area contributed by atoms with Crippen molar-refractivity contribution < 1.29 is 4.52 Å². The molecule has 0 bridgehead atoms. The first-order valence-electron chi connectivity index (χ1n) is 4.47. The lowest BCUT2D eigenvalue weighted by Gasteiger charge is -1.93. The highest BCUT2D eigenvalue weighted by Crippen LogP contribution is 2.38. The second-order valence-electron chi connectivity index (χ2n) is 3.16. The van der Waals surface area contributed by atoms with E-state index in [1.807, 2.05) is 0 Å². The monoisotopic (exact) mass is 167 g/mol. The van der Waals surface area contributed by atoms with Crippen molar-refractivity contribution in [3.8, 4) is 0 Å². The third-order valence-corrected chi connectivity index (χ3v) is 1.91. The molecule has 1 aliphatic rings. The van der Waals surface area contributed by atoms with E-state index in [1.165, 1.54) is 12.8 Å². The van der Waals surface area contributed by atoms with Crippen molar-refractivity contribution in [3.63, 3.8) is 0 Å².